The number of carbonyl (C=O) groups excluding carboxylic acids is 1. The lowest BCUT2D eigenvalue weighted by Gasteiger charge is -2.30. The number of aromatic nitrogens is 2. The molecule has 0 unspecified atom stereocenters. The molecule has 5 nitrogen and oxygen atoms in total. The van der Waals surface area contributed by atoms with E-state index in [1.807, 2.05) is 41.3 Å². The summed E-state index contributed by atoms with van der Waals surface area (Å²) < 4.78 is 5.45. The molecule has 1 saturated heterocycles. The van der Waals surface area contributed by atoms with Crippen molar-refractivity contribution in [2.45, 2.75) is 39.0 Å². The van der Waals surface area contributed by atoms with E-state index in [1.54, 1.807) is 6.08 Å². The van der Waals surface area contributed by atoms with Crippen LogP contribution in [0.15, 0.2) is 40.9 Å². The van der Waals surface area contributed by atoms with Crippen molar-refractivity contribution in [3.8, 4) is 0 Å². The van der Waals surface area contributed by atoms with Crippen molar-refractivity contribution in [3.63, 3.8) is 0 Å². The zero-order chi connectivity index (χ0) is 17.6. The van der Waals surface area contributed by atoms with Crippen LogP contribution in [0.1, 0.15) is 49.9 Å². The molecule has 2 heterocycles. The zero-order valence-corrected chi connectivity index (χ0v) is 14.9. The highest BCUT2D eigenvalue weighted by molar-refractivity contribution is 5.91. The first kappa shape index (κ1) is 17.4. The van der Waals surface area contributed by atoms with E-state index in [2.05, 4.69) is 24.0 Å². The van der Waals surface area contributed by atoms with Gasteiger partial charge in [0.25, 0.3) is 0 Å². The first-order chi connectivity index (χ1) is 12.1. The summed E-state index contributed by atoms with van der Waals surface area (Å²) in [5.74, 6) is 2.10. The zero-order valence-electron chi connectivity index (χ0n) is 14.9. The number of hydrogen-bond donors (Lipinski definition) is 0. The third kappa shape index (κ3) is 4.78. The molecule has 1 aromatic carbocycles. The van der Waals surface area contributed by atoms with E-state index < -0.39 is 0 Å². The van der Waals surface area contributed by atoms with Crippen LogP contribution in [0.2, 0.25) is 0 Å². The van der Waals surface area contributed by atoms with Crippen molar-refractivity contribution in [3.05, 3.63) is 53.7 Å². The molecular weight excluding hydrogens is 314 g/mol. The van der Waals surface area contributed by atoms with E-state index >= 15 is 0 Å². The van der Waals surface area contributed by atoms with Crippen LogP contribution in [0.3, 0.4) is 0 Å². The first-order valence-corrected chi connectivity index (χ1v) is 8.96. The Morgan fingerprint density at radius 3 is 2.92 bits per heavy atom. The molecule has 2 aromatic rings. The summed E-state index contributed by atoms with van der Waals surface area (Å²) in [7, 11) is 0. The molecule has 1 aromatic heterocycles. The smallest absolute Gasteiger partial charge is 0.246 e. The Hall–Kier alpha value is -2.43. The lowest BCUT2D eigenvalue weighted by molar-refractivity contribution is -0.127. The maximum absolute atomic E-state index is 12.5. The Balaban J connectivity index is 1.61. The number of rotatable bonds is 5. The van der Waals surface area contributed by atoms with Gasteiger partial charge in [0.15, 0.2) is 5.82 Å². The quantitative estimate of drug-likeness (QED) is 0.780. The van der Waals surface area contributed by atoms with Crippen LogP contribution < -0.4 is 0 Å². The van der Waals surface area contributed by atoms with Gasteiger partial charge in [-0.3, -0.25) is 4.79 Å². The van der Waals surface area contributed by atoms with Gasteiger partial charge in [-0.05, 0) is 30.4 Å². The molecule has 1 fully saturated rings. The molecule has 0 radical (unpaired) electrons. The highest BCUT2D eigenvalue weighted by Gasteiger charge is 2.27. The summed E-state index contributed by atoms with van der Waals surface area (Å²) in [6, 6.07) is 9.86. The van der Waals surface area contributed by atoms with Crippen molar-refractivity contribution in [1.29, 1.82) is 0 Å². The van der Waals surface area contributed by atoms with Crippen LogP contribution in [0.25, 0.3) is 6.08 Å². The molecule has 1 amide bonds. The maximum Gasteiger partial charge on any atom is 0.246 e. The third-order valence-electron chi connectivity index (χ3n) is 4.37. The van der Waals surface area contributed by atoms with E-state index in [0.29, 0.717) is 18.4 Å². The normalized spacial score (nSPS) is 18.2. The number of carbonyl (C=O) groups is 1. The van der Waals surface area contributed by atoms with Gasteiger partial charge in [-0.1, -0.05) is 49.3 Å². The van der Waals surface area contributed by atoms with Crippen LogP contribution in [0.4, 0.5) is 0 Å². The van der Waals surface area contributed by atoms with Crippen LogP contribution in [0.5, 0.6) is 0 Å². The van der Waals surface area contributed by atoms with Crippen LogP contribution in [0, 0.1) is 5.92 Å². The number of benzene rings is 1. The van der Waals surface area contributed by atoms with Crippen molar-refractivity contribution in [1.82, 2.24) is 15.0 Å². The topological polar surface area (TPSA) is 59.2 Å². The number of piperidine rings is 1. The number of hydrogen-bond acceptors (Lipinski definition) is 4. The SMILES string of the molecule is CC(C)Cc1noc([C@@H]2CCCN(C(=O)/C=C/c3ccccc3)C2)n1. The van der Waals surface area contributed by atoms with E-state index in [1.165, 1.54) is 0 Å². The maximum atomic E-state index is 12.5. The Bertz CT molecular complexity index is 722. The predicted molar refractivity (Wildman–Crippen MR) is 96.9 cm³/mol. The largest absolute Gasteiger partial charge is 0.339 e. The summed E-state index contributed by atoms with van der Waals surface area (Å²) in [6.45, 7) is 5.69. The van der Waals surface area contributed by atoms with Gasteiger partial charge in [-0.25, -0.2) is 0 Å². The lowest BCUT2D eigenvalue weighted by atomic mass is 9.98. The molecule has 0 N–H and O–H groups in total. The average molecular weight is 339 g/mol. The number of amides is 1. The third-order valence-corrected chi connectivity index (χ3v) is 4.37. The standard InChI is InChI=1S/C20H25N3O2/c1-15(2)13-18-21-20(25-22-18)17-9-6-12-23(14-17)19(24)11-10-16-7-4-3-5-8-16/h3-5,7-8,10-11,15,17H,6,9,12-14H2,1-2H3/b11-10+/t17-/m1/s1. The number of likely N-dealkylation sites (tertiary alicyclic amines) is 1. The van der Waals surface area contributed by atoms with Gasteiger partial charge in [0, 0.05) is 25.6 Å². The van der Waals surface area contributed by atoms with Crippen LogP contribution >= 0.6 is 0 Å². The van der Waals surface area contributed by atoms with Gasteiger partial charge in [0.05, 0.1) is 5.92 Å². The molecule has 25 heavy (non-hydrogen) atoms. The molecule has 0 bridgehead atoms. The fraction of sp³-hybridized carbons (Fsp3) is 0.450. The summed E-state index contributed by atoms with van der Waals surface area (Å²) in [6.07, 6.45) is 6.26. The van der Waals surface area contributed by atoms with Crippen molar-refractivity contribution >= 4 is 12.0 Å². The van der Waals surface area contributed by atoms with E-state index in [0.717, 1.165) is 37.2 Å². The van der Waals surface area contributed by atoms with Crippen LogP contribution in [-0.2, 0) is 11.2 Å². The fourth-order valence-electron chi connectivity index (χ4n) is 3.10. The predicted octanol–water partition coefficient (Wildman–Crippen LogP) is 3.69. The van der Waals surface area contributed by atoms with Gasteiger partial charge in [-0.2, -0.15) is 4.98 Å². The summed E-state index contributed by atoms with van der Waals surface area (Å²) in [5.41, 5.74) is 1.03. The van der Waals surface area contributed by atoms with Gasteiger partial charge in [0.2, 0.25) is 11.8 Å². The molecular formula is C20H25N3O2. The summed E-state index contributed by atoms with van der Waals surface area (Å²) >= 11 is 0. The molecule has 1 aliphatic heterocycles. The van der Waals surface area contributed by atoms with E-state index in [4.69, 9.17) is 4.52 Å². The Morgan fingerprint density at radius 1 is 1.36 bits per heavy atom. The second-order valence-corrected chi connectivity index (χ2v) is 7.01. The first-order valence-electron chi connectivity index (χ1n) is 8.96. The Labute approximate surface area is 148 Å². The van der Waals surface area contributed by atoms with Crippen molar-refractivity contribution < 1.29 is 9.32 Å². The molecule has 0 saturated carbocycles. The molecule has 0 aliphatic carbocycles. The minimum atomic E-state index is 0.0375. The monoisotopic (exact) mass is 339 g/mol. The molecule has 0 spiro atoms. The molecule has 3 rings (SSSR count). The van der Waals surface area contributed by atoms with Gasteiger partial charge >= 0.3 is 0 Å². The summed E-state index contributed by atoms with van der Waals surface area (Å²) in [4.78, 5) is 18.9. The molecule has 5 heteroatoms. The minimum Gasteiger partial charge on any atom is -0.339 e. The molecule has 132 valence electrons. The van der Waals surface area contributed by atoms with Gasteiger partial charge in [-0.15, -0.1) is 0 Å². The second kappa shape index (κ2) is 8.10. The van der Waals surface area contributed by atoms with Crippen molar-refractivity contribution in [2.75, 3.05) is 13.1 Å². The molecule has 1 aliphatic rings. The summed E-state index contributed by atoms with van der Waals surface area (Å²) in [5, 5.41) is 4.07. The minimum absolute atomic E-state index is 0.0375. The van der Waals surface area contributed by atoms with Gasteiger partial charge in [0.1, 0.15) is 0 Å². The molecule has 1 atom stereocenters. The van der Waals surface area contributed by atoms with Gasteiger partial charge < -0.3 is 9.42 Å². The second-order valence-electron chi connectivity index (χ2n) is 7.01. The van der Waals surface area contributed by atoms with E-state index in [9.17, 15) is 4.79 Å². The Kier molecular flexibility index (Phi) is 5.64. The average Bonchev–Trinajstić information content (AvgIpc) is 3.08. The lowest BCUT2D eigenvalue weighted by Crippen LogP contribution is -2.38. The number of nitrogens with zero attached hydrogens (tertiary/aromatic N) is 3. The Morgan fingerprint density at radius 2 is 2.16 bits per heavy atom. The fourth-order valence-corrected chi connectivity index (χ4v) is 3.10. The highest BCUT2D eigenvalue weighted by Crippen LogP contribution is 2.26. The van der Waals surface area contributed by atoms with Crippen molar-refractivity contribution in [2.24, 2.45) is 5.92 Å². The van der Waals surface area contributed by atoms with E-state index in [-0.39, 0.29) is 11.8 Å². The van der Waals surface area contributed by atoms with Crippen LogP contribution in [-0.4, -0.2) is 34.0 Å². The highest BCUT2D eigenvalue weighted by atomic mass is 16.5.